The van der Waals surface area contributed by atoms with Crippen LogP contribution in [-0.2, 0) is 9.59 Å². The minimum Gasteiger partial charge on any atom is -0.371 e. The molecule has 0 spiro atoms. The van der Waals surface area contributed by atoms with E-state index in [-0.39, 0.29) is 18.2 Å². The first-order valence-electron chi connectivity index (χ1n) is 5.69. The molecule has 2 rings (SSSR count). The van der Waals surface area contributed by atoms with Crippen molar-refractivity contribution in [1.29, 1.82) is 0 Å². The number of hydrogen-bond acceptors (Lipinski definition) is 3. The SMILES string of the molecule is CCN1C(=O)CC(Nc2c(Cl)cc(Cl)cc2Cl)C1=O. The first-order chi connectivity index (χ1) is 8.93. The van der Waals surface area contributed by atoms with E-state index in [4.69, 9.17) is 34.8 Å². The summed E-state index contributed by atoms with van der Waals surface area (Å²) in [6, 6.07) is 2.41. The van der Waals surface area contributed by atoms with Crippen LogP contribution in [0.1, 0.15) is 13.3 Å². The van der Waals surface area contributed by atoms with Gasteiger partial charge in [0.05, 0.1) is 22.2 Å². The molecular formula is C12H11Cl3N2O2. The van der Waals surface area contributed by atoms with Crippen LogP contribution in [0.2, 0.25) is 15.1 Å². The predicted molar refractivity (Wildman–Crippen MR) is 75.9 cm³/mol. The molecule has 0 saturated carbocycles. The van der Waals surface area contributed by atoms with Crippen LogP contribution in [0.5, 0.6) is 0 Å². The van der Waals surface area contributed by atoms with Crippen molar-refractivity contribution in [2.24, 2.45) is 0 Å². The van der Waals surface area contributed by atoms with E-state index in [1.54, 1.807) is 6.92 Å². The maximum absolute atomic E-state index is 12.0. The van der Waals surface area contributed by atoms with E-state index in [2.05, 4.69) is 5.32 Å². The van der Waals surface area contributed by atoms with E-state index in [1.165, 1.54) is 17.0 Å². The molecule has 4 nitrogen and oxygen atoms in total. The van der Waals surface area contributed by atoms with E-state index in [0.29, 0.717) is 27.3 Å². The molecule has 0 radical (unpaired) electrons. The maximum Gasteiger partial charge on any atom is 0.252 e. The number of amides is 2. The molecule has 0 aromatic heterocycles. The Kier molecular flexibility index (Phi) is 4.23. The highest BCUT2D eigenvalue weighted by atomic mass is 35.5. The molecule has 1 unspecified atom stereocenters. The van der Waals surface area contributed by atoms with Crippen molar-refractivity contribution in [3.63, 3.8) is 0 Å². The Morgan fingerprint density at radius 2 is 1.84 bits per heavy atom. The Morgan fingerprint density at radius 3 is 2.32 bits per heavy atom. The zero-order valence-electron chi connectivity index (χ0n) is 10.0. The zero-order valence-corrected chi connectivity index (χ0v) is 12.3. The first-order valence-corrected chi connectivity index (χ1v) is 6.82. The zero-order chi connectivity index (χ0) is 14.2. The lowest BCUT2D eigenvalue weighted by molar-refractivity contribution is -0.138. The molecule has 1 aliphatic heterocycles. The molecule has 0 aliphatic carbocycles. The van der Waals surface area contributed by atoms with Crippen LogP contribution in [0.4, 0.5) is 5.69 Å². The van der Waals surface area contributed by atoms with E-state index >= 15 is 0 Å². The van der Waals surface area contributed by atoms with Crippen LogP contribution in [-0.4, -0.2) is 29.3 Å². The fourth-order valence-corrected chi connectivity index (χ4v) is 2.91. The molecule has 1 aromatic rings. The highest BCUT2D eigenvalue weighted by molar-refractivity contribution is 6.41. The number of nitrogens with one attached hydrogen (secondary N) is 1. The summed E-state index contributed by atoms with van der Waals surface area (Å²) < 4.78 is 0. The van der Waals surface area contributed by atoms with E-state index < -0.39 is 6.04 Å². The third-order valence-corrected chi connectivity index (χ3v) is 3.70. The number of hydrogen-bond donors (Lipinski definition) is 1. The summed E-state index contributed by atoms with van der Waals surface area (Å²) in [5.41, 5.74) is 0.414. The average Bonchev–Trinajstić information content (AvgIpc) is 2.58. The Labute approximate surface area is 125 Å². The summed E-state index contributed by atoms with van der Waals surface area (Å²) in [5.74, 6) is -0.471. The van der Waals surface area contributed by atoms with Crippen LogP contribution < -0.4 is 5.32 Å². The van der Waals surface area contributed by atoms with Gasteiger partial charge in [-0.25, -0.2) is 0 Å². The van der Waals surface area contributed by atoms with Gasteiger partial charge < -0.3 is 5.32 Å². The molecule has 0 bridgehead atoms. The summed E-state index contributed by atoms with van der Waals surface area (Å²) in [6.07, 6.45) is 0.0992. The van der Waals surface area contributed by atoms with Crippen LogP contribution in [0.15, 0.2) is 12.1 Å². The lowest BCUT2D eigenvalue weighted by Crippen LogP contribution is -2.34. The summed E-state index contributed by atoms with van der Waals surface area (Å²) in [7, 11) is 0. The van der Waals surface area contributed by atoms with Crippen LogP contribution >= 0.6 is 34.8 Å². The van der Waals surface area contributed by atoms with Gasteiger partial charge in [0.2, 0.25) is 5.91 Å². The number of anilines is 1. The van der Waals surface area contributed by atoms with Gasteiger partial charge in [0, 0.05) is 11.6 Å². The Bertz CT molecular complexity index is 525. The fraction of sp³-hybridized carbons (Fsp3) is 0.333. The average molecular weight is 322 g/mol. The summed E-state index contributed by atoms with van der Waals surface area (Å²) in [6.45, 7) is 2.11. The van der Waals surface area contributed by atoms with Gasteiger partial charge in [0.25, 0.3) is 5.91 Å². The molecule has 102 valence electrons. The highest BCUT2D eigenvalue weighted by Gasteiger charge is 2.37. The molecule has 1 aliphatic rings. The molecule has 1 fully saturated rings. The number of rotatable bonds is 3. The van der Waals surface area contributed by atoms with E-state index in [0.717, 1.165) is 0 Å². The van der Waals surface area contributed by atoms with E-state index in [1.807, 2.05) is 0 Å². The second kappa shape index (κ2) is 5.57. The van der Waals surface area contributed by atoms with Crippen molar-refractivity contribution < 1.29 is 9.59 Å². The van der Waals surface area contributed by atoms with Gasteiger partial charge in [-0.05, 0) is 19.1 Å². The monoisotopic (exact) mass is 320 g/mol. The Morgan fingerprint density at radius 1 is 1.26 bits per heavy atom. The van der Waals surface area contributed by atoms with Crippen LogP contribution in [0.3, 0.4) is 0 Å². The second-order valence-electron chi connectivity index (χ2n) is 4.12. The molecule has 19 heavy (non-hydrogen) atoms. The molecule has 7 heteroatoms. The largest absolute Gasteiger partial charge is 0.371 e. The number of likely N-dealkylation sites (N-methyl/N-ethyl adjacent to an activating group) is 1. The van der Waals surface area contributed by atoms with Crippen molar-refractivity contribution in [2.75, 3.05) is 11.9 Å². The van der Waals surface area contributed by atoms with Gasteiger partial charge in [-0.15, -0.1) is 0 Å². The topological polar surface area (TPSA) is 49.4 Å². The summed E-state index contributed by atoms with van der Waals surface area (Å²) >= 11 is 17.9. The third-order valence-electron chi connectivity index (χ3n) is 2.89. The number of likely N-dealkylation sites (tertiary alicyclic amines) is 1. The quantitative estimate of drug-likeness (QED) is 0.870. The van der Waals surface area contributed by atoms with Gasteiger partial charge >= 0.3 is 0 Å². The Hall–Kier alpha value is -0.970. The number of nitrogens with zero attached hydrogens (tertiary/aromatic N) is 1. The molecule has 2 amide bonds. The third kappa shape index (κ3) is 2.81. The first kappa shape index (κ1) is 14.4. The van der Waals surface area contributed by atoms with Crippen molar-refractivity contribution in [3.8, 4) is 0 Å². The minimum absolute atomic E-state index is 0.0992. The number of halogens is 3. The van der Waals surface area contributed by atoms with Crippen molar-refractivity contribution in [2.45, 2.75) is 19.4 Å². The van der Waals surface area contributed by atoms with Gasteiger partial charge in [-0.1, -0.05) is 34.8 Å². The maximum atomic E-state index is 12.0. The van der Waals surface area contributed by atoms with Crippen LogP contribution in [0.25, 0.3) is 0 Å². The Balaban J connectivity index is 2.24. The van der Waals surface area contributed by atoms with Gasteiger partial charge in [-0.3, -0.25) is 14.5 Å². The molecule has 1 N–H and O–H groups in total. The molecule has 1 saturated heterocycles. The minimum atomic E-state index is -0.636. The van der Waals surface area contributed by atoms with Gasteiger partial charge in [0.1, 0.15) is 6.04 Å². The van der Waals surface area contributed by atoms with Crippen LogP contribution in [0, 0.1) is 0 Å². The molecular weight excluding hydrogens is 311 g/mol. The molecule has 1 aromatic carbocycles. The van der Waals surface area contributed by atoms with Gasteiger partial charge in [-0.2, -0.15) is 0 Å². The van der Waals surface area contributed by atoms with Crippen molar-refractivity contribution in [3.05, 3.63) is 27.2 Å². The van der Waals surface area contributed by atoms with Gasteiger partial charge in [0.15, 0.2) is 0 Å². The number of benzene rings is 1. The molecule has 1 heterocycles. The van der Waals surface area contributed by atoms with Crippen molar-refractivity contribution >= 4 is 52.3 Å². The smallest absolute Gasteiger partial charge is 0.252 e. The lowest BCUT2D eigenvalue weighted by Gasteiger charge is -2.16. The number of imide groups is 1. The van der Waals surface area contributed by atoms with E-state index in [9.17, 15) is 9.59 Å². The highest BCUT2D eigenvalue weighted by Crippen LogP contribution is 2.35. The fourth-order valence-electron chi connectivity index (χ4n) is 1.98. The summed E-state index contributed by atoms with van der Waals surface area (Å²) in [4.78, 5) is 24.8. The molecule has 1 atom stereocenters. The normalized spacial score (nSPS) is 19.2. The number of carbonyl (C=O) groups is 2. The summed E-state index contributed by atoms with van der Waals surface area (Å²) in [5, 5.41) is 3.95. The predicted octanol–water partition coefficient (Wildman–Crippen LogP) is 3.21. The standard InChI is InChI=1S/C12H11Cl3N2O2/c1-2-17-10(18)5-9(12(17)19)16-11-7(14)3-6(13)4-8(11)15/h3-4,9,16H,2,5H2,1H3. The van der Waals surface area contributed by atoms with Crippen molar-refractivity contribution in [1.82, 2.24) is 4.90 Å². The lowest BCUT2D eigenvalue weighted by atomic mass is 10.2. The second-order valence-corrected chi connectivity index (χ2v) is 5.37. The number of carbonyl (C=O) groups excluding carboxylic acids is 2.